The maximum absolute atomic E-state index is 11.5. The molecule has 1 heterocycles. The molecule has 0 saturated carbocycles. The van der Waals surface area contributed by atoms with Crippen molar-refractivity contribution >= 4 is 5.97 Å². The number of methoxy groups -OCH3 is 1. The van der Waals surface area contributed by atoms with Crippen LogP contribution in [0.3, 0.4) is 0 Å². The highest BCUT2D eigenvalue weighted by Crippen LogP contribution is 2.27. The Balaban J connectivity index is 1.60. The van der Waals surface area contributed by atoms with Gasteiger partial charge in [0.1, 0.15) is 0 Å². The van der Waals surface area contributed by atoms with Crippen molar-refractivity contribution in [2.24, 2.45) is 0 Å². The number of esters is 1. The van der Waals surface area contributed by atoms with Crippen molar-refractivity contribution in [1.29, 1.82) is 0 Å². The summed E-state index contributed by atoms with van der Waals surface area (Å²) in [5.74, 6) is 0.315. The number of hydrogen-bond donors (Lipinski definition) is 0. The molecule has 0 saturated heterocycles. The normalized spacial score (nSPS) is 14.4. The molecule has 0 bridgehead atoms. The van der Waals surface area contributed by atoms with Gasteiger partial charge < -0.3 is 4.74 Å². The molecule has 1 aliphatic rings. The minimum absolute atomic E-state index is 0.278. The second-order valence-electron chi connectivity index (χ2n) is 7.10. The summed E-state index contributed by atoms with van der Waals surface area (Å²) in [4.78, 5) is 14.0. The van der Waals surface area contributed by atoms with Crippen LogP contribution in [0.5, 0.6) is 0 Å². The van der Waals surface area contributed by atoms with Crippen LogP contribution in [0.1, 0.15) is 52.4 Å². The lowest BCUT2D eigenvalue weighted by Gasteiger charge is -2.31. The van der Waals surface area contributed by atoms with Crippen molar-refractivity contribution in [1.82, 2.24) is 4.90 Å². The Labute approximate surface area is 150 Å². The highest BCUT2D eigenvalue weighted by Gasteiger charge is 2.19. The summed E-state index contributed by atoms with van der Waals surface area (Å²) in [6.07, 6.45) is 2.14. The van der Waals surface area contributed by atoms with Crippen LogP contribution < -0.4 is 0 Å². The molecule has 25 heavy (non-hydrogen) atoms. The van der Waals surface area contributed by atoms with Gasteiger partial charge in [-0.05, 0) is 53.1 Å². The van der Waals surface area contributed by atoms with Gasteiger partial charge in [0.05, 0.1) is 12.7 Å². The molecule has 2 aromatic rings. The third kappa shape index (κ3) is 4.10. The molecule has 0 aromatic heterocycles. The van der Waals surface area contributed by atoms with Crippen LogP contribution in [-0.4, -0.2) is 31.1 Å². The molecule has 3 rings (SSSR count). The summed E-state index contributed by atoms with van der Waals surface area (Å²) < 4.78 is 4.74. The third-order valence-corrected chi connectivity index (χ3v) is 5.10. The van der Waals surface area contributed by atoms with Crippen molar-refractivity contribution in [2.45, 2.75) is 39.2 Å². The Hall–Kier alpha value is -2.13. The number of carbonyl (C=O) groups is 1. The first kappa shape index (κ1) is 17.7. The predicted molar refractivity (Wildman–Crippen MR) is 101 cm³/mol. The van der Waals surface area contributed by atoms with Gasteiger partial charge in [0.15, 0.2) is 0 Å². The molecule has 0 unspecified atom stereocenters. The van der Waals surface area contributed by atoms with Crippen LogP contribution in [0, 0.1) is 0 Å². The van der Waals surface area contributed by atoms with Crippen molar-refractivity contribution in [3.63, 3.8) is 0 Å². The van der Waals surface area contributed by atoms with E-state index in [0.717, 1.165) is 32.5 Å². The van der Waals surface area contributed by atoms with Gasteiger partial charge in [-0.15, -0.1) is 0 Å². The van der Waals surface area contributed by atoms with Crippen LogP contribution in [0.25, 0.3) is 0 Å². The summed E-state index contributed by atoms with van der Waals surface area (Å²) in [6, 6.07) is 14.5. The molecule has 0 N–H and O–H groups in total. The number of ether oxygens (including phenoxy) is 1. The summed E-state index contributed by atoms with van der Waals surface area (Å²) in [7, 11) is 1.41. The number of benzene rings is 2. The third-order valence-electron chi connectivity index (χ3n) is 5.10. The first-order chi connectivity index (χ1) is 12.1. The van der Waals surface area contributed by atoms with Gasteiger partial charge in [-0.25, -0.2) is 4.79 Å². The topological polar surface area (TPSA) is 29.5 Å². The number of carbonyl (C=O) groups excluding carboxylic acids is 1. The lowest BCUT2D eigenvalue weighted by Crippen LogP contribution is -2.32. The minimum Gasteiger partial charge on any atom is -0.465 e. The molecule has 0 atom stereocenters. The van der Waals surface area contributed by atoms with Gasteiger partial charge in [0.25, 0.3) is 0 Å². The summed E-state index contributed by atoms with van der Waals surface area (Å²) in [5, 5.41) is 0. The van der Waals surface area contributed by atoms with Gasteiger partial charge in [-0.3, -0.25) is 4.90 Å². The second kappa shape index (κ2) is 7.83. The zero-order chi connectivity index (χ0) is 17.8. The molecule has 0 aliphatic carbocycles. The standard InChI is InChI=1S/C22H27NO2/c1-16(2)20-6-4-5-19-15-23(14-12-21(19)20)13-11-17-7-9-18(10-8-17)22(24)25-3/h4-10,16H,11-15H2,1-3H3. The molecule has 132 valence electrons. The number of nitrogens with zero attached hydrogens (tertiary/aromatic N) is 1. The van der Waals surface area contributed by atoms with E-state index in [2.05, 4.69) is 36.9 Å². The average molecular weight is 337 g/mol. The fourth-order valence-corrected chi connectivity index (χ4v) is 3.64. The maximum atomic E-state index is 11.5. The number of rotatable bonds is 5. The van der Waals surface area contributed by atoms with Crippen LogP contribution in [0.15, 0.2) is 42.5 Å². The lowest BCUT2D eigenvalue weighted by molar-refractivity contribution is 0.0600. The summed E-state index contributed by atoms with van der Waals surface area (Å²) >= 11 is 0. The highest BCUT2D eigenvalue weighted by molar-refractivity contribution is 5.89. The molecule has 0 spiro atoms. The van der Waals surface area contributed by atoms with E-state index < -0.39 is 0 Å². The van der Waals surface area contributed by atoms with E-state index in [0.29, 0.717) is 11.5 Å². The van der Waals surface area contributed by atoms with Crippen LogP contribution in [0.4, 0.5) is 0 Å². The zero-order valence-corrected chi connectivity index (χ0v) is 15.4. The first-order valence-corrected chi connectivity index (χ1v) is 9.08. The average Bonchev–Trinajstić information content (AvgIpc) is 2.65. The monoisotopic (exact) mass is 337 g/mol. The fourth-order valence-electron chi connectivity index (χ4n) is 3.64. The number of fused-ring (bicyclic) bond motifs is 1. The molecule has 3 heteroatoms. The minimum atomic E-state index is -0.278. The van der Waals surface area contributed by atoms with Crippen molar-refractivity contribution < 1.29 is 9.53 Å². The van der Waals surface area contributed by atoms with Gasteiger partial charge in [0, 0.05) is 19.6 Å². The van der Waals surface area contributed by atoms with Crippen molar-refractivity contribution in [3.8, 4) is 0 Å². The van der Waals surface area contributed by atoms with E-state index in [9.17, 15) is 4.79 Å². The number of hydrogen-bond acceptors (Lipinski definition) is 3. The predicted octanol–water partition coefficient (Wildman–Crippen LogP) is 4.20. The lowest BCUT2D eigenvalue weighted by atomic mass is 9.89. The van der Waals surface area contributed by atoms with E-state index in [-0.39, 0.29) is 5.97 Å². The Bertz CT molecular complexity index is 734. The van der Waals surface area contributed by atoms with Crippen molar-refractivity contribution in [3.05, 3.63) is 70.3 Å². The molecular formula is C22H27NO2. The quantitative estimate of drug-likeness (QED) is 0.766. The Morgan fingerprint density at radius 1 is 1.16 bits per heavy atom. The molecule has 0 fully saturated rings. The van der Waals surface area contributed by atoms with Gasteiger partial charge >= 0.3 is 5.97 Å². The molecule has 0 amide bonds. The van der Waals surface area contributed by atoms with Gasteiger partial charge in [0.2, 0.25) is 0 Å². The van der Waals surface area contributed by atoms with E-state index in [1.54, 1.807) is 5.56 Å². The van der Waals surface area contributed by atoms with Crippen LogP contribution in [-0.2, 0) is 24.1 Å². The Morgan fingerprint density at radius 2 is 1.92 bits per heavy atom. The van der Waals surface area contributed by atoms with E-state index in [1.807, 2.05) is 24.3 Å². The largest absolute Gasteiger partial charge is 0.465 e. The summed E-state index contributed by atoms with van der Waals surface area (Å²) in [5.41, 5.74) is 6.43. The SMILES string of the molecule is COC(=O)c1ccc(CCN2CCc3c(cccc3C(C)C)C2)cc1. The van der Waals surface area contributed by atoms with Crippen LogP contribution >= 0.6 is 0 Å². The molecule has 3 nitrogen and oxygen atoms in total. The first-order valence-electron chi connectivity index (χ1n) is 9.08. The van der Waals surface area contributed by atoms with Gasteiger partial charge in [-0.1, -0.05) is 44.2 Å². The van der Waals surface area contributed by atoms with Gasteiger partial charge in [-0.2, -0.15) is 0 Å². The van der Waals surface area contributed by atoms with E-state index in [4.69, 9.17) is 4.74 Å². The Morgan fingerprint density at radius 3 is 2.60 bits per heavy atom. The Kier molecular flexibility index (Phi) is 5.54. The molecule has 1 aliphatic heterocycles. The highest BCUT2D eigenvalue weighted by atomic mass is 16.5. The summed E-state index contributed by atoms with van der Waals surface area (Å²) in [6.45, 7) is 7.76. The fraction of sp³-hybridized carbons (Fsp3) is 0.409. The molecular weight excluding hydrogens is 310 g/mol. The van der Waals surface area contributed by atoms with E-state index in [1.165, 1.54) is 23.8 Å². The smallest absolute Gasteiger partial charge is 0.337 e. The van der Waals surface area contributed by atoms with Crippen molar-refractivity contribution in [2.75, 3.05) is 20.2 Å². The zero-order valence-electron chi connectivity index (χ0n) is 15.4. The molecule has 0 radical (unpaired) electrons. The van der Waals surface area contributed by atoms with Crippen LogP contribution in [0.2, 0.25) is 0 Å². The maximum Gasteiger partial charge on any atom is 0.337 e. The second-order valence-corrected chi connectivity index (χ2v) is 7.10. The molecule has 2 aromatic carbocycles. The van der Waals surface area contributed by atoms with E-state index >= 15 is 0 Å².